The van der Waals surface area contributed by atoms with Gasteiger partial charge in [0.25, 0.3) is 0 Å². The Kier molecular flexibility index (Phi) is 5.49. The van der Waals surface area contributed by atoms with E-state index in [1.54, 1.807) is 6.08 Å². The van der Waals surface area contributed by atoms with Gasteiger partial charge >= 0.3 is 0 Å². The molecule has 4 nitrogen and oxygen atoms in total. The molecule has 16 heavy (non-hydrogen) atoms. The van der Waals surface area contributed by atoms with Gasteiger partial charge in [-0.05, 0) is 32.1 Å². The van der Waals surface area contributed by atoms with Crippen LogP contribution in [0.2, 0.25) is 0 Å². The highest BCUT2D eigenvalue weighted by Gasteiger charge is 2.26. The first kappa shape index (κ1) is 13.2. The van der Waals surface area contributed by atoms with Crippen molar-refractivity contribution in [2.24, 2.45) is 11.7 Å². The second-order valence-electron chi connectivity index (χ2n) is 4.41. The van der Waals surface area contributed by atoms with Crippen molar-refractivity contribution in [3.63, 3.8) is 0 Å². The van der Waals surface area contributed by atoms with Crippen molar-refractivity contribution in [3.05, 3.63) is 12.7 Å². The van der Waals surface area contributed by atoms with Crippen LogP contribution < -0.4 is 11.1 Å². The van der Waals surface area contributed by atoms with Crippen LogP contribution in [0.15, 0.2) is 12.7 Å². The molecule has 1 aliphatic rings. The smallest absolute Gasteiger partial charge is 0.237 e. The zero-order valence-corrected chi connectivity index (χ0v) is 9.95. The molecule has 0 aliphatic carbocycles. The van der Waals surface area contributed by atoms with Crippen LogP contribution in [-0.4, -0.2) is 31.2 Å². The number of nitrogens with two attached hydrogens (primary N) is 1. The van der Waals surface area contributed by atoms with E-state index in [4.69, 9.17) is 10.5 Å². The molecule has 0 spiro atoms. The highest BCUT2D eigenvalue weighted by molar-refractivity contribution is 5.82. The average Bonchev–Trinajstić information content (AvgIpc) is 2.29. The predicted molar refractivity (Wildman–Crippen MR) is 63.9 cm³/mol. The number of hydrogen-bond donors (Lipinski definition) is 2. The van der Waals surface area contributed by atoms with Crippen molar-refractivity contribution in [2.45, 2.75) is 38.3 Å². The van der Waals surface area contributed by atoms with Crippen molar-refractivity contribution >= 4 is 5.91 Å². The van der Waals surface area contributed by atoms with Gasteiger partial charge in [-0.1, -0.05) is 6.08 Å². The van der Waals surface area contributed by atoms with E-state index in [0.29, 0.717) is 13.2 Å². The van der Waals surface area contributed by atoms with Crippen molar-refractivity contribution < 1.29 is 9.53 Å². The Morgan fingerprint density at radius 2 is 2.25 bits per heavy atom. The number of carbonyl (C=O) groups is 1. The maximum atomic E-state index is 11.8. The molecule has 1 heterocycles. The zero-order valence-electron chi connectivity index (χ0n) is 9.95. The average molecular weight is 226 g/mol. The lowest BCUT2D eigenvalue weighted by Crippen LogP contribution is -2.49. The Morgan fingerprint density at radius 1 is 1.62 bits per heavy atom. The van der Waals surface area contributed by atoms with E-state index in [1.165, 1.54) is 0 Å². The molecule has 0 bridgehead atoms. The van der Waals surface area contributed by atoms with Gasteiger partial charge in [0.1, 0.15) is 0 Å². The van der Waals surface area contributed by atoms with E-state index >= 15 is 0 Å². The largest absolute Gasteiger partial charge is 0.381 e. The number of rotatable bonds is 5. The Bertz CT molecular complexity index is 237. The molecule has 0 aromatic rings. The Labute approximate surface area is 97.2 Å². The lowest BCUT2D eigenvalue weighted by Gasteiger charge is -2.27. The third-order valence-electron chi connectivity index (χ3n) is 2.99. The van der Waals surface area contributed by atoms with E-state index in [2.05, 4.69) is 11.9 Å². The minimum Gasteiger partial charge on any atom is -0.381 e. The van der Waals surface area contributed by atoms with Crippen LogP contribution in [0.4, 0.5) is 0 Å². The zero-order chi connectivity index (χ0) is 12.0. The summed E-state index contributed by atoms with van der Waals surface area (Å²) in [6.45, 7) is 7.03. The highest BCUT2D eigenvalue weighted by atomic mass is 16.5. The summed E-state index contributed by atoms with van der Waals surface area (Å²) in [5.41, 5.74) is 5.94. The molecule has 3 N–H and O–H groups in total. The molecule has 4 heteroatoms. The Morgan fingerprint density at radius 3 is 2.81 bits per heavy atom. The summed E-state index contributed by atoms with van der Waals surface area (Å²) in [5, 5.41) is 2.90. The van der Waals surface area contributed by atoms with E-state index in [0.717, 1.165) is 19.3 Å². The molecule has 0 aromatic heterocycles. The molecule has 1 rings (SSSR count). The molecular weight excluding hydrogens is 204 g/mol. The molecule has 0 radical (unpaired) electrons. The molecule has 0 saturated carbocycles. The van der Waals surface area contributed by atoms with Crippen LogP contribution in [0.1, 0.15) is 26.2 Å². The Hall–Kier alpha value is -0.870. The number of hydrogen-bond acceptors (Lipinski definition) is 3. The highest BCUT2D eigenvalue weighted by Crippen LogP contribution is 2.17. The molecule has 92 valence electrons. The van der Waals surface area contributed by atoms with Crippen molar-refractivity contribution in [3.8, 4) is 0 Å². The van der Waals surface area contributed by atoms with Crippen molar-refractivity contribution in [1.82, 2.24) is 5.32 Å². The molecule has 1 fully saturated rings. The van der Waals surface area contributed by atoms with Gasteiger partial charge < -0.3 is 15.8 Å². The van der Waals surface area contributed by atoms with Gasteiger partial charge in [-0.25, -0.2) is 0 Å². The third-order valence-corrected chi connectivity index (χ3v) is 2.99. The van der Waals surface area contributed by atoms with Gasteiger partial charge in [0, 0.05) is 19.3 Å². The minimum absolute atomic E-state index is 0.0544. The fraction of sp³-hybridized carbons (Fsp3) is 0.750. The number of carbonyl (C=O) groups excluding carboxylic acids is 1. The summed E-state index contributed by atoms with van der Waals surface area (Å²) in [6.07, 6.45) is 4.33. The number of ether oxygens (including phenoxy) is 1. The number of nitrogens with one attached hydrogen (secondary N) is 1. The summed E-state index contributed by atoms with van der Waals surface area (Å²) in [4.78, 5) is 11.8. The summed E-state index contributed by atoms with van der Waals surface area (Å²) in [5.74, 6) is 0.200. The van der Waals surface area contributed by atoms with Gasteiger partial charge in [0.15, 0.2) is 0 Å². The van der Waals surface area contributed by atoms with Crippen LogP contribution in [0.25, 0.3) is 0 Å². The van der Waals surface area contributed by atoms with Crippen LogP contribution in [0, 0.1) is 5.92 Å². The third kappa shape index (κ3) is 3.94. The predicted octanol–water partition coefficient (Wildman–Crippen LogP) is 0.821. The molecular formula is C12H22N2O2. The summed E-state index contributed by atoms with van der Waals surface area (Å²) < 4.78 is 5.25. The first-order chi connectivity index (χ1) is 7.65. The SMILES string of the molecule is C=CCC(C)NC(=O)C(N)C1CCOCC1. The second kappa shape index (κ2) is 6.66. The first-order valence-electron chi connectivity index (χ1n) is 5.89. The molecule has 1 amide bonds. The topological polar surface area (TPSA) is 64.4 Å². The fourth-order valence-corrected chi connectivity index (χ4v) is 1.94. The van der Waals surface area contributed by atoms with Crippen LogP contribution in [-0.2, 0) is 9.53 Å². The molecule has 2 atom stereocenters. The Balaban J connectivity index is 2.36. The second-order valence-corrected chi connectivity index (χ2v) is 4.41. The van der Waals surface area contributed by atoms with Gasteiger partial charge in [0.2, 0.25) is 5.91 Å². The standard InChI is InChI=1S/C12H22N2O2/c1-3-4-9(2)14-12(15)11(13)10-5-7-16-8-6-10/h3,9-11H,1,4-8,13H2,2H3,(H,14,15). The van der Waals surface area contributed by atoms with Crippen LogP contribution >= 0.6 is 0 Å². The van der Waals surface area contributed by atoms with Gasteiger partial charge in [-0.3, -0.25) is 4.79 Å². The van der Waals surface area contributed by atoms with Crippen LogP contribution in [0.5, 0.6) is 0 Å². The normalized spacial score (nSPS) is 21.1. The maximum Gasteiger partial charge on any atom is 0.237 e. The van der Waals surface area contributed by atoms with Crippen LogP contribution in [0.3, 0.4) is 0 Å². The molecule has 0 aromatic carbocycles. The molecule has 1 aliphatic heterocycles. The van der Waals surface area contributed by atoms with E-state index in [1.807, 2.05) is 6.92 Å². The quantitative estimate of drug-likeness (QED) is 0.682. The fourth-order valence-electron chi connectivity index (χ4n) is 1.94. The monoisotopic (exact) mass is 226 g/mol. The van der Waals surface area contributed by atoms with Gasteiger partial charge in [0.05, 0.1) is 6.04 Å². The summed E-state index contributed by atoms with van der Waals surface area (Å²) in [7, 11) is 0. The lowest BCUT2D eigenvalue weighted by atomic mass is 9.91. The van der Waals surface area contributed by atoms with Gasteiger partial charge in [-0.2, -0.15) is 0 Å². The first-order valence-corrected chi connectivity index (χ1v) is 5.89. The lowest BCUT2D eigenvalue weighted by molar-refractivity contribution is -0.124. The van der Waals surface area contributed by atoms with Crippen molar-refractivity contribution in [1.29, 1.82) is 0 Å². The summed E-state index contributed by atoms with van der Waals surface area (Å²) in [6, 6.07) is -0.299. The number of amides is 1. The van der Waals surface area contributed by atoms with Gasteiger partial charge in [-0.15, -0.1) is 6.58 Å². The van der Waals surface area contributed by atoms with E-state index in [9.17, 15) is 4.79 Å². The molecule has 1 saturated heterocycles. The minimum atomic E-state index is -0.406. The van der Waals surface area contributed by atoms with E-state index < -0.39 is 6.04 Å². The summed E-state index contributed by atoms with van der Waals surface area (Å²) >= 11 is 0. The van der Waals surface area contributed by atoms with E-state index in [-0.39, 0.29) is 17.9 Å². The molecule has 2 unspecified atom stereocenters. The van der Waals surface area contributed by atoms with Crippen molar-refractivity contribution in [2.75, 3.05) is 13.2 Å². The maximum absolute atomic E-state index is 11.8.